The Morgan fingerprint density at radius 2 is 2.33 bits per heavy atom. The maximum Gasteiger partial charge on any atom is 0.270 e. The van der Waals surface area contributed by atoms with E-state index in [0.29, 0.717) is 23.9 Å². The molecule has 0 fully saturated rings. The van der Waals surface area contributed by atoms with Crippen molar-refractivity contribution in [1.82, 2.24) is 14.9 Å². The Labute approximate surface area is 142 Å². The summed E-state index contributed by atoms with van der Waals surface area (Å²) in [6.45, 7) is 2.90. The van der Waals surface area contributed by atoms with E-state index in [1.165, 1.54) is 11.3 Å². The number of nitrogens with one attached hydrogen (secondary N) is 1. The summed E-state index contributed by atoms with van der Waals surface area (Å²) in [5, 5.41) is 11.3. The second kappa shape index (κ2) is 5.61. The molecule has 0 spiro atoms. The SMILES string of the molecule is CC(O)c1cccc2[nH]c(C(=O)N3CCc4nc(N)sc4C3)cc12. The van der Waals surface area contributed by atoms with E-state index in [-0.39, 0.29) is 5.91 Å². The van der Waals surface area contributed by atoms with Gasteiger partial charge >= 0.3 is 0 Å². The molecule has 1 aromatic carbocycles. The minimum absolute atomic E-state index is 0.0413. The van der Waals surface area contributed by atoms with Gasteiger partial charge in [-0.15, -0.1) is 11.3 Å². The first kappa shape index (κ1) is 15.2. The summed E-state index contributed by atoms with van der Waals surface area (Å²) in [5.74, 6) is -0.0413. The van der Waals surface area contributed by atoms with Crippen LogP contribution in [-0.4, -0.2) is 32.4 Å². The predicted octanol–water partition coefficient (Wildman–Crippen LogP) is 2.46. The second-order valence-corrected chi connectivity index (χ2v) is 7.18. The number of amides is 1. The number of hydrogen-bond donors (Lipinski definition) is 3. The summed E-state index contributed by atoms with van der Waals surface area (Å²) in [6.07, 6.45) is 0.152. The third-order valence-electron chi connectivity index (χ3n) is 4.41. The molecule has 4 N–H and O–H groups in total. The standard InChI is InChI=1S/C17H18N4O2S/c1-9(22)10-3-2-4-12-11(10)7-14(19-12)16(23)21-6-5-13-15(8-21)24-17(18)20-13/h2-4,7,9,19,22H,5-6,8H2,1H3,(H2,18,20). The van der Waals surface area contributed by atoms with Gasteiger partial charge < -0.3 is 20.7 Å². The highest BCUT2D eigenvalue weighted by molar-refractivity contribution is 7.15. The van der Waals surface area contributed by atoms with Crippen LogP contribution in [0.4, 0.5) is 5.13 Å². The highest BCUT2D eigenvalue weighted by Crippen LogP contribution is 2.29. The van der Waals surface area contributed by atoms with Crippen LogP contribution >= 0.6 is 11.3 Å². The molecule has 7 heteroatoms. The molecule has 0 saturated heterocycles. The van der Waals surface area contributed by atoms with Crippen LogP contribution in [0.15, 0.2) is 24.3 Å². The Kier molecular flexibility index (Phi) is 3.54. The van der Waals surface area contributed by atoms with Crippen molar-refractivity contribution in [1.29, 1.82) is 0 Å². The van der Waals surface area contributed by atoms with Crippen molar-refractivity contribution in [3.8, 4) is 0 Å². The fraction of sp³-hybridized carbons (Fsp3) is 0.294. The molecule has 0 bridgehead atoms. The fourth-order valence-corrected chi connectivity index (χ4v) is 4.11. The van der Waals surface area contributed by atoms with Crippen molar-refractivity contribution in [2.24, 2.45) is 0 Å². The smallest absolute Gasteiger partial charge is 0.270 e. The molecular weight excluding hydrogens is 324 g/mol. The lowest BCUT2D eigenvalue weighted by molar-refractivity contribution is 0.0731. The first-order valence-electron chi connectivity index (χ1n) is 7.86. The number of aromatic amines is 1. The van der Waals surface area contributed by atoms with E-state index in [9.17, 15) is 9.90 Å². The van der Waals surface area contributed by atoms with Gasteiger partial charge in [-0.2, -0.15) is 0 Å². The molecular formula is C17H18N4O2S. The first-order chi connectivity index (χ1) is 11.5. The van der Waals surface area contributed by atoms with Crippen LogP contribution in [-0.2, 0) is 13.0 Å². The summed E-state index contributed by atoms with van der Waals surface area (Å²) in [5.41, 5.74) is 8.99. The highest BCUT2D eigenvalue weighted by atomic mass is 32.1. The van der Waals surface area contributed by atoms with Crippen LogP contribution in [0.5, 0.6) is 0 Å². The van der Waals surface area contributed by atoms with Crippen molar-refractivity contribution in [3.63, 3.8) is 0 Å². The van der Waals surface area contributed by atoms with Gasteiger partial charge in [0, 0.05) is 28.7 Å². The predicted molar refractivity (Wildman–Crippen MR) is 93.9 cm³/mol. The number of thiazole rings is 1. The van der Waals surface area contributed by atoms with E-state index in [0.717, 1.165) is 33.5 Å². The van der Waals surface area contributed by atoms with Crippen molar-refractivity contribution in [2.75, 3.05) is 12.3 Å². The maximum absolute atomic E-state index is 12.9. The molecule has 3 aromatic rings. The number of fused-ring (bicyclic) bond motifs is 2. The van der Waals surface area contributed by atoms with Crippen LogP contribution in [0.2, 0.25) is 0 Å². The van der Waals surface area contributed by atoms with Crippen molar-refractivity contribution in [2.45, 2.75) is 26.0 Å². The summed E-state index contributed by atoms with van der Waals surface area (Å²) in [6, 6.07) is 7.50. The van der Waals surface area contributed by atoms with Crippen molar-refractivity contribution < 1.29 is 9.90 Å². The third kappa shape index (κ3) is 2.46. The number of aromatic nitrogens is 2. The van der Waals surface area contributed by atoms with Crippen LogP contribution in [0.1, 0.15) is 39.7 Å². The number of nitrogen functional groups attached to an aromatic ring is 1. The van der Waals surface area contributed by atoms with Gasteiger partial charge in [-0.25, -0.2) is 4.98 Å². The highest BCUT2D eigenvalue weighted by Gasteiger charge is 2.25. The van der Waals surface area contributed by atoms with Crippen molar-refractivity contribution in [3.05, 3.63) is 46.1 Å². The Balaban J connectivity index is 1.65. The Hall–Kier alpha value is -2.38. The molecule has 0 saturated carbocycles. The van der Waals surface area contributed by atoms with E-state index in [1.807, 2.05) is 29.2 Å². The van der Waals surface area contributed by atoms with E-state index < -0.39 is 6.10 Å². The van der Waals surface area contributed by atoms with Gasteiger partial charge in [0.05, 0.1) is 18.3 Å². The van der Waals surface area contributed by atoms with Crippen LogP contribution < -0.4 is 5.73 Å². The Bertz CT molecular complexity index is 928. The number of aliphatic hydroxyl groups is 1. The van der Waals surface area contributed by atoms with E-state index in [4.69, 9.17) is 5.73 Å². The third-order valence-corrected chi connectivity index (χ3v) is 5.32. The van der Waals surface area contributed by atoms with Gasteiger partial charge in [-0.1, -0.05) is 12.1 Å². The van der Waals surface area contributed by atoms with E-state index in [1.54, 1.807) is 6.92 Å². The zero-order valence-electron chi connectivity index (χ0n) is 13.2. The molecule has 1 unspecified atom stereocenters. The van der Waals surface area contributed by atoms with Gasteiger partial charge in [0.25, 0.3) is 5.91 Å². The number of H-pyrrole nitrogens is 1. The van der Waals surface area contributed by atoms with Crippen LogP contribution in [0.25, 0.3) is 10.9 Å². The molecule has 1 amide bonds. The lowest BCUT2D eigenvalue weighted by Crippen LogP contribution is -2.35. The van der Waals surface area contributed by atoms with Crippen LogP contribution in [0, 0.1) is 0 Å². The number of nitrogens with zero attached hydrogens (tertiary/aromatic N) is 2. The molecule has 3 heterocycles. The van der Waals surface area contributed by atoms with Gasteiger partial charge in [-0.3, -0.25) is 4.79 Å². The van der Waals surface area contributed by atoms with Gasteiger partial charge in [0.1, 0.15) is 5.69 Å². The zero-order valence-corrected chi connectivity index (χ0v) is 14.1. The van der Waals surface area contributed by atoms with E-state index >= 15 is 0 Å². The number of rotatable bonds is 2. The molecule has 24 heavy (non-hydrogen) atoms. The monoisotopic (exact) mass is 342 g/mol. The van der Waals surface area contributed by atoms with Gasteiger partial charge in [-0.05, 0) is 24.6 Å². The van der Waals surface area contributed by atoms with Crippen molar-refractivity contribution >= 4 is 33.3 Å². The number of carbonyl (C=O) groups is 1. The normalized spacial score (nSPS) is 15.5. The number of carbonyl (C=O) groups excluding carboxylic acids is 1. The largest absolute Gasteiger partial charge is 0.389 e. The average molecular weight is 342 g/mol. The Morgan fingerprint density at radius 1 is 1.50 bits per heavy atom. The summed E-state index contributed by atoms with van der Waals surface area (Å²) in [4.78, 5) is 23.2. The fourth-order valence-electron chi connectivity index (χ4n) is 3.22. The maximum atomic E-state index is 12.9. The summed E-state index contributed by atoms with van der Waals surface area (Å²) in [7, 11) is 0. The number of benzene rings is 1. The minimum Gasteiger partial charge on any atom is -0.389 e. The molecule has 1 aliphatic heterocycles. The number of anilines is 1. The Morgan fingerprint density at radius 3 is 3.12 bits per heavy atom. The van der Waals surface area contributed by atoms with E-state index in [2.05, 4.69) is 9.97 Å². The number of aliphatic hydroxyl groups excluding tert-OH is 1. The second-order valence-electron chi connectivity index (χ2n) is 6.07. The summed E-state index contributed by atoms with van der Waals surface area (Å²) < 4.78 is 0. The zero-order chi connectivity index (χ0) is 16.8. The molecule has 0 radical (unpaired) electrons. The van der Waals surface area contributed by atoms with Crippen LogP contribution in [0.3, 0.4) is 0 Å². The molecule has 124 valence electrons. The minimum atomic E-state index is -0.579. The number of hydrogen-bond acceptors (Lipinski definition) is 5. The summed E-state index contributed by atoms with van der Waals surface area (Å²) >= 11 is 1.45. The molecule has 0 aliphatic carbocycles. The lowest BCUT2D eigenvalue weighted by atomic mass is 10.1. The van der Waals surface area contributed by atoms with Gasteiger partial charge in [0.2, 0.25) is 0 Å². The van der Waals surface area contributed by atoms with Gasteiger partial charge in [0.15, 0.2) is 5.13 Å². The average Bonchev–Trinajstić information content (AvgIpc) is 3.14. The molecule has 1 aliphatic rings. The topological polar surface area (TPSA) is 95.2 Å². The quantitative estimate of drug-likeness (QED) is 0.667. The molecule has 1 atom stereocenters. The first-order valence-corrected chi connectivity index (χ1v) is 8.67. The molecule has 2 aromatic heterocycles. The molecule has 4 rings (SSSR count). The lowest BCUT2D eigenvalue weighted by Gasteiger charge is -2.25. The number of nitrogens with two attached hydrogens (primary N) is 1. The molecule has 6 nitrogen and oxygen atoms in total.